The smallest absolute Gasteiger partial charge is 0.203 e. The standard InChI is InChI=1S/C17H17N3O3/c1-21-15-9-12(10-16(22-2)17(15)23-3)14-11-18-19-20(14)13-7-5-4-6-8-13/h4-11H,1-3H3. The van der Waals surface area contributed by atoms with Gasteiger partial charge in [0.25, 0.3) is 0 Å². The summed E-state index contributed by atoms with van der Waals surface area (Å²) >= 11 is 0. The maximum absolute atomic E-state index is 5.41. The highest BCUT2D eigenvalue weighted by molar-refractivity contribution is 5.69. The van der Waals surface area contributed by atoms with E-state index in [9.17, 15) is 0 Å². The number of rotatable bonds is 5. The lowest BCUT2D eigenvalue weighted by Gasteiger charge is -2.14. The Labute approximate surface area is 134 Å². The van der Waals surface area contributed by atoms with Gasteiger partial charge in [-0.1, -0.05) is 23.4 Å². The van der Waals surface area contributed by atoms with Gasteiger partial charge < -0.3 is 14.2 Å². The van der Waals surface area contributed by atoms with Crippen molar-refractivity contribution in [2.45, 2.75) is 0 Å². The number of nitrogens with zero attached hydrogens (tertiary/aromatic N) is 3. The van der Waals surface area contributed by atoms with E-state index in [2.05, 4.69) is 10.3 Å². The SMILES string of the molecule is COc1cc(-c2cnnn2-c2ccccc2)cc(OC)c1OC. The quantitative estimate of drug-likeness (QED) is 0.725. The topological polar surface area (TPSA) is 58.4 Å². The molecule has 0 N–H and O–H groups in total. The highest BCUT2D eigenvalue weighted by Gasteiger charge is 2.17. The summed E-state index contributed by atoms with van der Waals surface area (Å²) in [4.78, 5) is 0. The van der Waals surface area contributed by atoms with Crippen LogP contribution in [0.3, 0.4) is 0 Å². The third-order valence-corrected chi connectivity index (χ3v) is 3.51. The number of benzene rings is 2. The Morgan fingerprint density at radius 3 is 2.09 bits per heavy atom. The van der Waals surface area contributed by atoms with E-state index >= 15 is 0 Å². The first-order valence-electron chi connectivity index (χ1n) is 7.05. The van der Waals surface area contributed by atoms with Gasteiger partial charge in [-0.25, -0.2) is 4.68 Å². The van der Waals surface area contributed by atoms with Crippen LogP contribution < -0.4 is 14.2 Å². The molecule has 6 heteroatoms. The van der Waals surface area contributed by atoms with Crippen molar-refractivity contribution in [3.8, 4) is 34.2 Å². The molecular weight excluding hydrogens is 294 g/mol. The van der Waals surface area contributed by atoms with Gasteiger partial charge in [0.2, 0.25) is 5.75 Å². The molecule has 2 aromatic carbocycles. The minimum absolute atomic E-state index is 0.553. The molecule has 0 saturated carbocycles. The average molecular weight is 311 g/mol. The molecular formula is C17H17N3O3. The average Bonchev–Trinajstić information content (AvgIpc) is 3.10. The van der Waals surface area contributed by atoms with Crippen molar-refractivity contribution in [1.29, 1.82) is 0 Å². The first kappa shape index (κ1) is 14.9. The zero-order chi connectivity index (χ0) is 16.2. The maximum Gasteiger partial charge on any atom is 0.203 e. The molecule has 0 saturated heterocycles. The minimum Gasteiger partial charge on any atom is -0.493 e. The Morgan fingerprint density at radius 2 is 1.52 bits per heavy atom. The van der Waals surface area contributed by atoms with Gasteiger partial charge in [0.1, 0.15) is 0 Å². The van der Waals surface area contributed by atoms with Crippen molar-refractivity contribution in [2.24, 2.45) is 0 Å². The first-order chi connectivity index (χ1) is 11.3. The van der Waals surface area contributed by atoms with Crippen molar-refractivity contribution < 1.29 is 14.2 Å². The van der Waals surface area contributed by atoms with E-state index < -0.39 is 0 Å². The second-order valence-electron chi connectivity index (χ2n) is 4.78. The molecule has 0 radical (unpaired) electrons. The van der Waals surface area contributed by atoms with E-state index in [1.807, 2.05) is 42.5 Å². The van der Waals surface area contributed by atoms with Crippen LogP contribution in [0.25, 0.3) is 16.9 Å². The molecule has 0 atom stereocenters. The van der Waals surface area contributed by atoms with E-state index in [4.69, 9.17) is 14.2 Å². The monoisotopic (exact) mass is 311 g/mol. The van der Waals surface area contributed by atoms with E-state index in [0.29, 0.717) is 17.2 Å². The lowest BCUT2D eigenvalue weighted by molar-refractivity contribution is 0.324. The van der Waals surface area contributed by atoms with Crippen LogP contribution in [-0.2, 0) is 0 Å². The fourth-order valence-electron chi connectivity index (χ4n) is 2.42. The first-order valence-corrected chi connectivity index (χ1v) is 7.05. The Balaban J connectivity index is 2.15. The predicted octanol–water partition coefficient (Wildman–Crippen LogP) is 2.96. The Kier molecular flexibility index (Phi) is 4.14. The van der Waals surface area contributed by atoms with E-state index in [1.54, 1.807) is 32.2 Å². The Bertz CT molecular complexity index is 775. The number of ether oxygens (including phenoxy) is 3. The molecule has 0 spiro atoms. The van der Waals surface area contributed by atoms with Crippen LogP contribution in [0.2, 0.25) is 0 Å². The molecule has 0 amide bonds. The highest BCUT2D eigenvalue weighted by atomic mass is 16.5. The summed E-state index contributed by atoms with van der Waals surface area (Å²) in [6.07, 6.45) is 1.70. The molecule has 3 aromatic rings. The van der Waals surface area contributed by atoms with Gasteiger partial charge >= 0.3 is 0 Å². The van der Waals surface area contributed by atoms with Crippen molar-refractivity contribution in [3.63, 3.8) is 0 Å². The molecule has 0 aliphatic rings. The molecule has 6 nitrogen and oxygen atoms in total. The minimum atomic E-state index is 0.553. The van der Waals surface area contributed by atoms with Crippen LogP contribution in [-0.4, -0.2) is 36.3 Å². The number of aromatic nitrogens is 3. The normalized spacial score (nSPS) is 10.4. The molecule has 1 heterocycles. The zero-order valence-electron chi connectivity index (χ0n) is 13.2. The molecule has 0 fully saturated rings. The number of hydrogen-bond acceptors (Lipinski definition) is 5. The van der Waals surface area contributed by atoms with Crippen LogP contribution >= 0.6 is 0 Å². The molecule has 0 aliphatic carbocycles. The number of hydrogen-bond donors (Lipinski definition) is 0. The third kappa shape index (κ3) is 2.70. The molecule has 0 unspecified atom stereocenters. The van der Waals surface area contributed by atoms with Gasteiger partial charge in [0.15, 0.2) is 11.5 Å². The van der Waals surface area contributed by atoms with Crippen molar-refractivity contribution in [1.82, 2.24) is 15.0 Å². The summed E-state index contributed by atoms with van der Waals surface area (Å²) in [5.41, 5.74) is 2.62. The summed E-state index contributed by atoms with van der Waals surface area (Å²) in [5, 5.41) is 8.20. The van der Waals surface area contributed by atoms with Gasteiger partial charge in [-0.2, -0.15) is 0 Å². The molecule has 118 valence electrons. The van der Waals surface area contributed by atoms with E-state index in [-0.39, 0.29) is 0 Å². The van der Waals surface area contributed by atoms with Gasteiger partial charge in [-0.15, -0.1) is 5.10 Å². The van der Waals surface area contributed by atoms with Crippen LogP contribution in [0.5, 0.6) is 17.2 Å². The second kappa shape index (κ2) is 6.39. The van der Waals surface area contributed by atoms with Gasteiger partial charge in [-0.05, 0) is 24.3 Å². The van der Waals surface area contributed by atoms with Crippen molar-refractivity contribution in [2.75, 3.05) is 21.3 Å². The largest absolute Gasteiger partial charge is 0.493 e. The summed E-state index contributed by atoms with van der Waals surface area (Å²) in [7, 11) is 4.76. The van der Waals surface area contributed by atoms with E-state index in [0.717, 1.165) is 16.9 Å². The maximum atomic E-state index is 5.41. The third-order valence-electron chi connectivity index (χ3n) is 3.51. The number of para-hydroxylation sites is 1. The van der Waals surface area contributed by atoms with Gasteiger partial charge in [0.05, 0.1) is 38.9 Å². The predicted molar refractivity (Wildman–Crippen MR) is 86.5 cm³/mol. The molecule has 0 bridgehead atoms. The molecule has 3 rings (SSSR count). The molecule has 23 heavy (non-hydrogen) atoms. The molecule has 0 aliphatic heterocycles. The lowest BCUT2D eigenvalue weighted by Crippen LogP contribution is -2.00. The van der Waals surface area contributed by atoms with Crippen LogP contribution in [0.4, 0.5) is 0 Å². The van der Waals surface area contributed by atoms with Crippen LogP contribution in [0, 0.1) is 0 Å². The highest BCUT2D eigenvalue weighted by Crippen LogP contribution is 2.41. The summed E-state index contributed by atoms with van der Waals surface area (Å²) in [6.45, 7) is 0. The van der Waals surface area contributed by atoms with Gasteiger partial charge in [-0.3, -0.25) is 0 Å². The van der Waals surface area contributed by atoms with Crippen LogP contribution in [0.1, 0.15) is 0 Å². The summed E-state index contributed by atoms with van der Waals surface area (Å²) in [6, 6.07) is 13.6. The van der Waals surface area contributed by atoms with Crippen molar-refractivity contribution in [3.05, 3.63) is 48.7 Å². The fourth-order valence-corrected chi connectivity index (χ4v) is 2.42. The van der Waals surface area contributed by atoms with E-state index in [1.165, 1.54) is 0 Å². The Hall–Kier alpha value is -3.02. The zero-order valence-corrected chi connectivity index (χ0v) is 13.2. The summed E-state index contributed by atoms with van der Waals surface area (Å²) in [5.74, 6) is 1.72. The van der Waals surface area contributed by atoms with Gasteiger partial charge in [0, 0.05) is 5.56 Å². The lowest BCUT2D eigenvalue weighted by atomic mass is 10.1. The second-order valence-corrected chi connectivity index (χ2v) is 4.78. The summed E-state index contributed by atoms with van der Waals surface area (Å²) < 4.78 is 17.9. The van der Waals surface area contributed by atoms with Crippen molar-refractivity contribution >= 4 is 0 Å². The fraction of sp³-hybridized carbons (Fsp3) is 0.176. The Morgan fingerprint density at radius 1 is 0.870 bits per heavy atom. The number of methoxy groups -OCH3 is 3. The molecule has 1 aromatic heterocycles. The van der Waals surface area contributed by atoms with Crippen LogP contribution in [0.15, 0.2) is 48.7 Å².